The van der Waals surface area contributed by atoms with E-state index in [1.165, 1.54) is 24.5 Å². The van der Waals surface area contributed by atoms with Crippen LogP contribution in [0.1, 0.15) is 15.9 Å². The van der Waals surface area contributed by atoms with Gasteiger partial charge in [0.15, 0.2) is 11.5 Å². The maximum absolute atomic E-state index is 13.9. The number of nitro groups is 1. The number of hydrogen-bond donors (Lipinski definition) is 2. The van der Waals surface area contributed by atoms with Crippen LogP contribution in [0.25, 0.3) is 0 Å². The number of nitrogens with one attached hydrogen (secondary N) is 2. The number of anilines is 2. The molecule has 13 heteroatoms. The van der Waals surface area contributed by atoms with E-state index in [0.717, 1.165) is 23.1 Å². The lowest BCUT2D eigenvalue weighted by Crippen LogP contribution is -2.46. The third-order valence-electron chi connectivity index (χ3n) is 5.91. The number of fused-ring (bicyclic) bond motifs is 1. The van der Waals surface area contributed by atoms with Crippen molar-refractivity contribution >= 4 is 23.2 Å². The van der Waals surface area contributed by atoms with E-state index in [-0.39, 0.29) is 29.7 Å². The molecule has 2 aliphatic rings. The third-order valence-corrected chi connectivity index (χ3v) is 5.91. The van der Waals surface area contributed by atoms with Crippen LogP contribution in [0.5, 0.6) is 11.5 Å². The number of ether oxygens (including phenoxy) is 2. The van der Waals surface area contributed by atoms with Crippen LogP contribution >= 0.6 is 0 Å². The SMILES string of the molecule is O=C(NNc1ncnc(N2CCN(Cc3ccc4c(c3)OCO4)CC2)c1[N+](=O)[O-])c1ccccc1F. The first-order chi connectivity index (χ1) is 17.5. The average Bonchev–Trinajstić information content (AvgIpc) is 3.36. The highest BCUT2D eigenvalue weighted by Gasteiger charge is 2.30. The summed E-state index contributed by atoms with van der Waals surface area (Å²) in [6.45, 7) is 3.24. The molecule has 186 valence electrons. The molecular formula is C23H22FN7O5. The number of rotatable bonds is 7. The molecule has 1 saturated heterocycles. The van der Waals surface area contributed by atoms with E-state index in [1.807, 2.05) is 18.2 Å². The van der Waals surface area contributed by atoms with Crippen LogP contribution in [0.15, 0.2) is 48.8 Å². The van der Waals surface area contributed by atoms with Gasteiger partial charge in [0.1, 0.15) is 12.1 Å². The first-order valence-corrected chi connectivity index (χ1v) is 11.2. The second kappa shape index (κ2) is 10.00. The number of hydrazine groups is 1. The Labute approximate surface area is 204 Å². The summed E-state index contributed by atoms with van der Waals surface area (Å²) < 4.78 is 24.7. The van der Waals surface area contributed by atoms with Crippen molar-refractivity contribution in [3.05, 3.63) is 75.9 Å². The molecule has 1 fully saturated rings. The lowest BCUT2D eigenvalue weighted by Gasteiger charge is -2.35. The van der Waals surface area contributed by atoms with Crippen molar-refractivity contribution in [3.63, 3.8) is 0 Å². The second-order valence-electron chi connectivity index (χ2n) is 8.16. The lowest BCUT2D eigenvalue weighted by atomic mass is 10.1. The molecule has 2 aromatic carbocycles. The van der Waals surface area contributed by atoms with Gasteiger partial charge in [-0.3, -0.25) is 30.7 Å². The molecule has 0 spiro atoms. The maximum atomic E-state index is 13.9. The van der Waals surface area contributed by atoms with Gasteiger partial charge in [0, 0.05) is 32.7 Å². The molecule has 1 aromatic heterocycles. The van der Waals surface area contributed by atoms with Crippen LogP contribution in [-0.4, -0.2) is 58.7 Å². The molecule has 3 heterocycles. The van der Waals surface area contributed by atoms with Crippen LogP contribution in [0.3, 0.4) is 0 Å². The predicted octanol–water partition coefficient (Wildman–Crippen LogP) is 2.33. The number of piperazine rings is 1. The number of aromatic nitrogens is 2. The number of hydrogen-bond acceptors (Lipinski definition) is 10. The smallest absolute Gasteiger partial charge is 0.355 e. The summed E-state index contributed by atoms with van der Waals surface area (Å²) >= 11 is 0. The Morgan fingerprint density at radius 3 is 2.64 bits per heavy atom. The molecule has 0 unspecified atom stereocenters. The Balaban J connectivity index is 1.25. The Kier molecular flexibility index (Phi) is 6.45. The molecular weight excluding hydrogens is 473 g/mol. The van der Waals surface area contributed by atoms with E-state index in [1.54, 1.807) is 4.90 Å². The zero-order valence-corrected chi connectivity index (χ0v) is 19.0. The average molecular weight is 495 g/mol. The minimum Gasteiger partial charge on any atom is -0.454 e. The third kappa shape index (κ3) is 4.81. The van der Waals surface area contributed by atoms with Crippen molar-refractivity contribution in [2.24, 2.45) is 0 Å². The zero-order chi connectivity index (χ0) is 25.1. The Bertz CT molecular complexity index is 1300. The van der Waals surface area contributed by atoms with E-state index in [2.05, 4.69) is 25.7 Å². The number of benzene rings is 2. The molecule has 1 amide bonds. The van der Waals surface area contributed by atoms with Crippen molar-refractivity contribution in [3.8, 4) is 11.5 Å². The summed E-state index contributed by atoms with van der Waals surface area (Å²) in [5, 5.41) is 11.9. The summed E-state index contributed by atoms with van der Waals surface area (Å²) in [4.78, 5) is 35.7. The Morgan fingerprint density at radius 2 is 1.86 bits per heavy atom. The van der Waals surface area contributed by atoms with Gasteiger partial charge < -0.3 is 14.4 Å². The van der Waals surface area contributed by atoms with E-state index in [4.69, 9.17) is 9.47 Å². The van der Waals surface area contributed by atoms with Crippen LogP contribution < -0.4 is 25.2 Å². The summed E-state index contributed by atoms with van der Waals surface area (Å²) in [5.41, 5.74) is 5.20. The highest BCUT2D eigenvalue weighted by molar-refractivity contribution is 5.95. The molecule has 0 atom stereocenters. The van der Waals surface area contributed by atoms with E-state index >= 15 is 0 Å². The quantitative estimate of drug-likeness (QED) is 0.371. The first-order valence-electron chi connectivity index (χ1n) is 11.2. The van der Waals surface area contributed by atoms with E-state index < -0.39 is 16.6 Å². The molecule has 2 N–H and O–H groups in total. The van der Waals surface area contributed by atoms with Gasteiger partial charge in [0.05, 0.1) is 10.5 Å². The van der Waals surface area contributed by atoms with Gasteiger partial charge in [-0.25, -0.2) is 14.4 Å². The van der Waals surface area contributed by atoms with Crippen molar-refractivity contribution in [1.29, 1.82) is 0 Å². The number of nitrogens with zero attached hydrogens (tertiary/aromatic N) is 5. The summed E-state index contributed by atoms with van der Waals surface area (Å²) in [5.74, 6) is -0.107. The minimum absolute atomic E-state index is 0.139. The fourth-order valence-electron chi connectivity index (χ4n) is 4.10. The molecule has 2 aliphatic heterocycles. The highest BCUT2D eigenvalue weighted by Crippen LogP contribution is 2.34. The van der Waals surface area contributed by atoms with Crippen molar-refractivity contribution in [1.82, 2.24) is 20.3 Å². The second-order valence-corrected chi connectivity index (χ2v) is 8.16. The molecule has 36 heavy (non-hydrogen) atoms. The molecule has 0 saturated carbocycles. The van der Waals surface area contributed by atoms with Gasteiger partial charge in [-0.2, -0.15) is 0 Å². The topological polar surface area (TPSA) is 135 Å². The molecule has 12 nitrogen and oxygen atoms in total. The van der Waals surface area contributed by atoms with E-state index in [9.17, 15) is 19.3 Å². The minimum atomic E-state index is -0.792. The van der Waals surface area contributed by atoms with Crippen LogP contribution in [0.2, 0.25) is 0 Å². The van der Waals surface area contributed by atoms with Gasteiger partial charge in [-0.1, -0.05) is 18.2 Å². The van der Waals surface area contributed by atoms with Crippen molar-refractivity contribution < 1.29 is 23.6 Å². The fraction of sp³-hybridized carbons (Fsp3) is 0.261. The lowest BCUT2D eigenvalue weighted by molar-refractivity contribution is -0.383. The molecule has 0 aliphatic carbocycles. The molecule has 0 bridgehead atoms. The number of halogens is 1. The van der Waals surface area contributed by atoms with Gasteiger partial charge in [0.2, 0.25) is 18.4 Å². The largest absolute Gasteiger partial charge is 0.454 e. The highest BCUT2D eigenvalue weighted by atomic mass is 19.1. The number of carbonyl (C=O) groups excluding carboxylic acids is 1. The number of amides is 1. The van der Waals surface area contributed by atoms with Crippen LogP contribution in [0.4, 0.5) is 21.7 Å². The Morgan fingerprint density at radius 1 is 1.08 bits per heavy atom. The number of carbonyl (C=O) groups is 1. The van der Waals surface area contributed by atoms with Crippen molar-refractivity contribution in [2.75, 3.05) is 43.3 Å². The predicted molar refractivity (Wildman–Crippen MR) is 126 cm³/mol. The summed E-state index contributed by atoms with van der Waals surface area (Å²) in [6, 6.07) is 11.2. The summed E-state index contributed by atoms with van der Waals surface area (Å²) in [6.07, 6.45) is 1.18. The normalized spacial score (nSPS) is 15.0. The molecule has 0 radical (unpaired) electrons. The van der Waals surface area contributed by atoms with Crippen molar-refractivity contribution in [2.45, 2.75) is 6.54 Å². The maximum Gasteiger partial charge on any atom is 0.355 e. The molecule has 3 aromatic rings. The fourth-order valence-corrected chi connectivity index (χ4v) is 4.10. The van der Waals surface area contributed by atoms with Gasteiger partial charge in [-0.05, 0) is 29.8 Å². The van der Waals surface area contributed by atoms with Gasteiger partial charge in [-0.15, -0.1) is 0 Å². The standard InChI is InChI=1S/C23H22FN7O5/c24-17-4-2-1-3-16(17)23(32)28-27-21-20(31(33)34)22(26-13-25-21)30-9-7-29(8-10-30)12-15-5-6-18-19(11-15)36-14-35-18/h1-6,11,13H,7-10,12,14H2,(H,28,32)(H,25,26,27). The Hall–Kier alpha value is -4.52. The van der Waals surface area contributed by atoms with Gasteiger partial charge >= 0.3 is 5.69 Å². The molecule has 5 rings (SSSR count). The summed E-state index contributed by atoms with van der Waals surface area (Å²) in [7, 11) is 0. The van der Waals surface area contributed by atoms with Crippen LogP contribution in [0, 0.1) is 15.9 Å². The zero-order valence-electron chi connectivity index (χ0n) is 19.0. The van der Waals surface area contributed by atoms with Crippen LogP contribution in [-0.2, 0) is 6.54 Å². The van der Waals surface area contributed by atoms with E-state index in [0.29, 0.717) is 32.7 Å². The first kappa shape index (κ1) is 23.2. The van der Waals surface area contributed by atoms with Gasteiger partial charge in [0.25, 0.3) is 5.91 Å². The monoisotopic (exact) mass is 495 g/mol.